The number of aromatic amines is 1. The molecule has 5 rings (SSSR count). The van der Waals surface area contributed by atoms with Gasteiger partial charge in [0.05, 0.1) is 5.69 Å². The standard InChI is InChI=1S/C26H17Cl2N.CHF3O3S/c27-20-13-9-17(10-14-20)22-7-4-8-23-25(22)24(18-11-15-21(28)16-12-18)26(29-23)19-5-2-1-3-6-19;2-1(3,4)8(5,6)7/h1-16,29H;(H,5,6,7). The zero-order valence-electron chi connectivity index (χ0n) is 18.8. The van der Waals surface area contributed by atoms with Gasteiger partial charge in [-0.3, -0.25) is 4.55 Å². The second-order valence-electron chi connectivity index (χ2n) is 7.90. The van der Waals surface area contributed by atoms with E-state index in [1.807, 2.05) is 30.3 Å². The Balaban J connectivity index is 0.000000349. The SMILES string of the molecule is Clc1ccc(-c2cccc3[nH]c(-c4ccccc4)c(-c4ccc(Cl)cc4)c23)cc1.O=S(=O)(O)C(F)(F)F. The van der Waals surface area contributed by atoms with Gasteiger partial charge in [-0.15, -0.1) is 0 Å². The van der Waals surface area contributed by atoms with E-state index in [-0.39, 0.29) is 0 Å². The lowest BCUT2D eigenvalue weighted by Gasteiger charge is -2.10. The highest BCUT2D eigenvalue weighted by Gasteiger charge is 2.44. The van der Waals surface area contributed by atoms with E-state index in [9.17, 15) is 13.2 Å². The van der Waals surface area contributed by atoms with Gasteiger partial charge in [0.2, 0.25) is 0 Å². The van der Waals surface area contributed by atoms with Gasteiger partial charge >= 0.3 is 15.6 Å². The molecule has 0 radical (unpaired) electrons. The van der Waals surface area contributed by atoms with Gasteiger partial charge in [0.1, 0.15) is 0 Å². The van der Waals surface area contributed by atoms with Crippen LogP contribution < -0.4 is 0 Å². The third kappa shape index (κ3) is 5.99. The molecular formula is C27H18Cl2F3NO3S. The van der Waals surface area contributed by atoms with Gasteiger partial charge in [-0.1, -0.05) is 89.9 Å². The largest absolute Gasteiger partial charge is 0.522 e. The van der Waals surface area contributed by atoms with Crippen molar-refractivity contribution in [1.29, 1.82) is 0 Å². The number of hydrogen-bond acceptors (Lipinski definition) is 2. The van der Waals surface area contributed by atoms with Crippen molar-refractivity contribution in [3.05, 3.63) is 107 Å². The van der Waals surface area contributed by atoms with E-state index in [2.05, 4.69) is 71.7 Å². The van der Waals surface area contributed by atoms with E-state index in [0.29, 0.717) is 0 Å². The molecule has 0 atom stereocenters. The van der Waals surface area contributed by atoms with Gasteiger partial charge in [-0.2, -0.15) is 21.6 Å². The Morgan fingerprint density at radius 3 is 1.70 bits per heavy atom. The predicted molar refractivity (Wildman–Crippen MR) is 142 cm³/mol. The van der Waals surface area contributed by atoms with Crippen LogP contribution in [0, 0.1) is 0 Å². The monoisotopic (exact) mass is 563 g/mol. The highest BCUT2D eigenvalue weighted by Crippen LogP contribution is 2.43. The molecule has 0 amide bonds. The van der Waals surface area contributed by atoms with E-state index in [0.717, 1.165) is 37.9 Å². The van der Waals surface area contributed by atoms with Gasteiger partial charge in [-0.05, 0) is 52.6 Å². The molecule has 1 aromatic heterocycles. The van der Waals surface area contributed by atoms with E-state index in [4.69, 9.17) is 36.2 Å². The second-order valence-corrected chi connectivity index (χ2v) is 10.2. The van der Waals surface area contributed by atoms with E-state index >= 15 is 0 Å². The quantitative estimate of drug-likeness (QED) is 0.170. The van der Waals surface area contributed by atoms with E-state index in [1.165, 1.54) is 16.5 Å². The Bertz CT molecular complexity index is 1630. The van der Waals surface area contributed by atoms with Crippen molar-refractivity contribution in [2.45, 2.75) is 5.51 Å². The first kappa shape index (κ1) is 26.8. The van der Waals surface area contributed by atoms with Crippen LogP contribution in [0.2, 0.25) is 10.0 Å². The maximum absolute atomic E-state index is 10.7. The number of nitrogens with one attached hydrogen (secondary N) is 1. The van der Waals surface area contributed by atoms with Crippen molar-refractivity contribution in [1.82, 2.24) is 4.98 Å². The smallest absolute Gasteiger partial charge is 0.354 e. The first-order valence-corrected chi connectivity index (χ1v) is 12.9. The predicted octanol–water partition coefficient (Wildman–Crippen LogP) is 8.87. The molecule has 0 aliphatic heterocycles. The second kappa shape index (κ2) is 10.6. The molecule has 0 saturated carbocycles. The molecule has 0 saturated heterocycles. The number of fused-ring (bicyclic) bond motifs is 1. The molecule has 0 fully saturated rings. The number of hydrogen-bond donors (Lipinski definition) is 2. The lowest BCUT2D eigenvalue weighted by atomic mass is 9.93. The van der Waals surface area contributed by atoms with Crippen molar-refractivity contribution in [2.24, 2.45) is 0 Å². The minimum Gasteiger partial charge on any atom is -0.354 e. The molecule has 4 aromatic carbocycles. The van der Waals surface area contributed by atoms with Crippen LogP contribution in [0.25, 0.3) is 44.4 Å². The third-order valence-electron chi connectivity index (χ3n) is 5.47. The lowest BCUT2D eigenvalue weighted by Crippen LogP contribution is -2.21. The van der Waals surface area contributed by atoms with Gasteiger partial charge in [-0.25, -0.2) is 0 Å². The molecule has 0 bridgehead atoms. The van der Waals surface area contributed by atoms with Crippen LogP contribution in [0.1, 0.15) is 0 Å². The van der Waals surface area contributed by atoms with E-state index in [1.54, 1.807) is 0 Å². The Kier molecular flexibility index (Phi) is 7.66. The summed E-state index contributed by atoms with van der Waals surface area (Å²) in [7, 11) is -5.84. The molecule has 190 valence electrons. The maximum atomic E-state index is 10.7. The highest BCUT2D eigenvalue weighted by molar-refractivity contribution is 7.86. The average molecular weight is 564 g/mol. The summed E-state index contributed by atoms with van der Waals surface area (Å²) in [6, 6.07) is 32.8. The Labute approximate surface area is 221 Å². The van der Waals surface area contributed by atoms with Gasteiger partial charge in [0.15, 0.2) is 0 Å². The van der Waals surface area contributed by atoms with Gasteiger partial charge < -0.3 is 4.98 Å². The summed E-state index contributed by atoms with van der Waals surface area (Å²) in [4.78, 5) is 3.66. The number of H-pyrrole nitrogens is 1. The normalized spacial score (nSPS) is 11.7. The average Bonchev–Trinajstić information content (AvgIpc) is 3.25. The molecule has 2 N–H and O–H groups in total. The number of rotatable bonds is 3. The number of halogens is 5. The first-order chi connectivity index (χ1) is 17.5. The Morgan fingerprint density at radius 2 is 1.19 bits per heavy atom. The summed E-state index contributed by atoms with van der Waals surface area (Å²) in [6.45, 7) is 0. The van der Waals surface area contributed by atoms with Crippen LogP contribution in [0.3, 0.4) is 0 Å². The fourth-order valence-electron chi connectivity index (χ4n) is 3.84. The fraction of sp³-hybridized carbons (Fsp3) is 0.0370. The number of aromatic nitrogens is 1. The molecule has 37 heavy (non-hydrogen) atoms. The molecule has 5 aromatic rings. The third-order valence-corrected chi connectivity index (χ3v) is 6.56. The molecule has 10 heteroatoms. The zero-order chi connectivity index (χ0) is 26.8. The van der Waals surface area contributed by atoms with Crippen LogP contribution in [0.4, 0.5) is 13.2 Å². The van der Waals surface area contributed by atoms with Crippen molar-refractivity contribution in [3.8, 4) is 33.5 Å². The van der Waals surface area contributed by atoms with Crippen LogP contribution in [0.5, 0.6) is 0 Å². The first-order valence-electron chi connectivity index (χ1n) is 10.7. The molecule has 0 aliphatic carbocycles. The summed E-state index contributed by atoms with van der Waals surface area (Å²) in [5, 5.41) is 2.65. The molecule has 0 aliphatic rings. The van der Waals surface area contributed by atoms with Crippen molar-refractivity contribution >= 4 is 44.2 Å². The summed E-state index contributed by atoms with van der Waals surface area (Å²) in [6.07, 6.45) is 0. The minimum atomic E-state index is -5.84. The highest BCUT2D eigenvalue weighted by atomic mass is 35.5. The van der Waals surface area contributed by atoms with Crippen molar-refractivity contribution in [2.75, 3.05) is 0 Å². The van der Waals surface area contributed by atoms with Crippen molar-refractivity contribution in [3.63, 3.8) is 0 Å². The number of alkyl halides is 3. The summed E-state index contributed by atoms with van der Waals surface area (Å²) < 4.78 is 57.5. The summed E-state index contributed by atoms with van der Waals surface area (Å²) in [5.41, 5.74) is 2.42. The van der Waals surface area contributed by atoms with Crippen LogP contribution in [0.15, 0.2) is 97.1 Å². The van der Waals surface area contributed by atoms with Crippen LogP contribution in [-0.4, -0.2) is 23.5 Å². The number of benzene rings is 4. The van der Waals surface area contributed by atoms with E-state index < -0.39 is 15.6 Å². The molecule has 4 nitrogen and oxygen atoms in total. The Morgan fingerprint density at radius 1 is 0.676 bits per heavy atom. The van der Waals surface area contributed by atoms with Crippen LogP contribution in [-0.2, 0) is 10.1 Å². The molecule has 0 spiro atoms. The lowest BCUT2D eigenvalue weighted by molar-refractivity contribution is -0.0510. The Hall–Kier alpha value is -3.30. The minimum absolute atomic E-state index is 0.729. The van der Waals surface area contributed by atoms with Gasteiger partial charge in [0, 0.05) is 26.5 Å². The molecule has 1 heterocycles. The van der Waals surface area contributed by atoms with Crippen molar-refractivity contribution < 1.29 is 26.1 Å². The maximum Gasteiger partial charge on any atom is 0.522 e. The topological polar surface area (TPSA) is 70.2 Å². The fourth-order valence-corrected chi connectivity index (χ4v) is 4.10. The summed E-state index contributed by atoms with van der Waals surface area (Å²) in [5.74, 6) is 0. The van der Waals surface area contributed by atoms with Crippen LogP contribution >= 0.6 is 23.2 Å². The van der Waals surface area contributed by atoms with Gasteiger partial charge in [0.25, 0.3) is 0 Å². The molecule has 0 unspecified atom stereocenters. The summed E-state index contributed by atoms with van der Waals surface area (Å²) >= 11 is 12.3. The zero-order valence-corrected chi connectivity index (χ0v) is 21.1. The molecular weight excluding hydrogens is 546 g/mol.